The van der Waals surface area contributed by atoms with E-state index in [4.69, 9.17) is 4.74 Å². The molecule has 1 aromatic carbocycles. The van der Waals surface area contributed by atoms with E-state index >= 15 is 0 Å². The monoisotopic (exact) mass is 420 g/mol. The van der Waals surface area contributed by atoms with E-state index in [1.54, 1.807) is 24.3 Å². The third kappa shape index (κ3) is 5.24. The van der Waals surface area contributed by atoms with Crippen molar-refractivity contribution in [1.29, 1.82) is 0 Å². The molecule has 0 fully saturated rings. The predicted molar refractivity (Wildman–Crippen MR) is 111 cm³/mol. The highest BCUT2D eigenvalue weighted by atomic mass is 16.5. The first-order valence-electron chi connectivity index (χ1n) is 10.5. The number of rotatable bonds is 12. The fourth-order valence-electron chi connectivity index (χ4n) is 3.92. The summed E-state index contributed by atoms with van der Waals surface area (Å²) in [7, 11) is 0. The zero-order chi connectivity index (χ0) is 22.3. The number of carbonyl (C=O) groups is 3. The largest absolute Gasteiger partial charge is 0.396 e. The van der Waals surface area contributed by atoms with Crippen LogP contribution in [0, 0.1) is 0 Å². The quantitative estimate of drug-likeness (QED) is 0.441. The van der Waals surface area contributed by atoms with E-state index in [1.807, 2.05) is 13.8 Å². The Labute approximate surface area is 177 Å². The first kappa shape index (κ1) is 24.0. The van der Waals surface area contributed by atoms with Crippen molar-refractivity contribution in [3.8, 4) is 0 Å². The Kier molecular flexibility index (Phi) is 8.95. The van der Waals surface area contributed by atoms with Gasteiger partial charge in [0, 0.05) is 13.5 Å². The fraction of sp³-hybridized carbons (Fsp3) is 0.591. The highest BCUT2D eigenvalue weighted by Gasteiger charge is 2.45. The Bertz CT molecular complexity index is 714. The summed E-state index contributed by atoms with van der Waals surface area (Å²) in [6.45, 7) is 4.74. The summed E-state index contributed by atoms with van der Waals surface area (Å²) in [5.74, 6) is -1.27. The number of imide groups is 1. The van der Waals surface area contributed by atoms with Crippen molar-refractivity contribution < 1.29 is 29.3 Å². The van der Waals surface area contributed by atoms with Crippen LogP contribution < -0.4 is 5.32 Å². The Hall–Kier alpha value is -2.29. The predicted octanol–water partition coefficient (Wildman–Crippen LogP) is 1.49. The topological polar surface area (TPSA) is 116 Å². The van der Waals surface area contributed by atoms with Gasteiger partial charge in [-0.25, -0.2) is 0 Å². The Balaban J connectivity index is 2.44. The van der Waals surface area contributed by atoms with Crippen molar-refractivity contribution in [2.75, 3.05) is 13.2 Å². The number of amides is 3. The lowest BCUT2D eigenvalue weighted by Gasteiger charge is -2.38. The standard InChI is InChI=1S/C22H32N2O6/c1-4-15(5-2)30-19(13-26)20(23-14(3)27)18(11-8-12-25)24-21(28)16-9-6-7-10-17(16)22(24)29/h6-7,9-10,15,18-20,25-26H,4-5,8,11-13H2,1-3H3,(H,23,27)/t18-,19+,20+/m0/s1. The van der Waals surface area contributed by atoms with E-state index in [9.17, 15) is 24.6 Å². The summed E-state index contributed by atoms with van der Waals surface area (Å²) in [6.07, 6.45) is 1.06. The molecular formula is C22H32N2O6. The molecule has 1 aromatic rings. The van der Waals surface area contributed by atoms with E-state index in [2.05, 4.69) is 5.32 Å². The number of hydrogen-bond acceptors (Lipinski definition) is 6. The van der Waals surface area contributed by atoms with Gasteiger partial charge in [-0.1, -0.05) is 26.0 Å². The molecule has 166 valence electrons. The summed E-state index contributed by atoms with van der Waals surface area (Å²) >= 11 is 0. The molecule has 1 aliphatic heterocycles. The van der Waals surface area contributed by atoms with E-state index in [0.717, 1.165) is 4.90 Å². The molecule has 0 aromatic heterocycles. The molecular weight excluding hydrogens is 388 g/mol. The highest BCUT2D eigenvalue weighted by molar-refractivity contribution is 6.21. The molecule has 0 radical (unpaired) electrons. The van der Waals surface area contributed by atoms with Crippen LogP contribution in [0.3, 0.4) is 0 Å². The molecule has 8 nitrogen and oxygen atoms in total. The number of fused-ring (bicyclic) bond motifs is 1. The normalized spacial score (nSPS) is 16.5. The number of nitrogens with zero attached hydrogens (tertiary/aromatic N) is 1. The van der Waals surface area contributed by atoms with Gasteiger partial charge in [-0.15, -0.1) is 0 Å². The minimum atomic E-state index is -0.818. The Morgan fingerprint density at radius 2 is 1.67 bits per heavy atom. The van der Waals surface area contributed by atoms with E-state index < -0.39 is 30.0 Å². The van der Waals surface area contributed by atoms with E-state index in [-0.39, 0.29) is 31.6 Å². The fourth-order valence-corrected chi connectivity index (χ4v) is 3.92. The van der Waals surface area contributed by atoms with E-state index in [1.165, 1.54) is 6.92 Å². The number of aliphatic hydroxyl groups excluding tert-OH is 2. The summed E-state index contributed by atoms with van der Waals surface area (Å²) < 4.78 is 6.05. The van der Waals surface area contributed by atoms with Gasteiger partial charge < -0.3 is 20.3 Å². The molecule has 8 heteroatoms. The molecule has 1 heterocycles. The highest BCUT2D eigenvalue weighted by Crippen LogP contribution is 2.29. The second-order valence-corrected chi connectivity index (χ2v) is 7.48. The Morgan fingerprint density at radius 1 is 1.10 bits per heavy atom. The second-order valence-electron chi connectivity index (χ2n) is 7.48. The Morgan fingerprint density at radius 3 is 2.10 bits per heavy atom. The molecule has 2 rings (SSSR count). The van der Waals surface area contributed by atoms with Gasteiger partial charge in [-0.05, 0) is 37.8 Å². The molecule has 0 unspecified atom stereocenters. The number of carbonyl (C=O) groups excluding carboxylic acids is 3. The van der Waals surface area contributed by atoms with Crippen molar-refractivity contribution in [3.63, 3.8) is 0 Å². The number of benzene rings is 1. The molecule has 3 N–H and O–H groups in total. The third-order valence-corrected chi connectivity index (χ3v) is 5.46. The molecule has 0 aliphatic carbocycles. The molecule has 30 heavy (non-hydrogen) atoms. The van der Waals surface area contributed by atoms with Gasteiger partial charge in [0.15, 0.2) is 0 Å². The van der Waals surface area contributed by atoms with Crippen LogP contribution in [-0.4, -0.2) is 70.3 Å². The van der Waals surface area contributed by atoms with Gasteiger partial charge in [-0.3, -0.25) is 19.3 Å². The minimum absolute atomic E-state index is 0.135. The molecule has 1 aliphatic rings. The average molecular weight is 421 g/mol. The van der Waals surface area contributed by atoms with Crippen LogP contribution in [0.1, 0.15) is 67.2 Å². The first-order chi connectivity index (χ1) is 14.4. The van der Waals surface area contributed by atoms with Gasteiger partial charge in [0.1, 0.15) is 6.10 Å². The average Bonchev–Trinajstić information content (AvgIpc) is 2.99. The molecule has 0 saturated heterocycles. The van der Waals surface area contributed by atoms with Crippen LogP contribution >= 0.6 is 0 Å². The lowest BCUT2D eigenvalue weighted by molar-refractivity contribution is -0.124. The molecule has 0 spiro atoms. The van der Waals surface area contributed by atoms with Crippen molar-refractivity contribution in [2.24, 2.45) is 0 Å². The summed E-state index contributed by atoms with van der Waals surface area (Å²) in [4.78, 5) is 39.3. The number of nitrogens with one attached hydrogen (secondary N) is 1. The zero-order valence-corrected chi connectivity index (χ0v) is 17.8. The van der Waals surface area contributed by atoms with Crippen LogP contribution in [0.2, 0.25) is 0 Å². The maximum atomic E-state index is 13.1. The third-order valence-electron chi connectivity index (χ3n) is 5.46. The summed E-state index contributed by atoms with van der Waals surface area (Å²) in [6, 6.07) is 4.97. The molecule has 0 saturated carbocycles. The number of aliphatic hydroxyl groups is 2. The smallest absolute Gasteiger partial charge is 0.261 e. The van der Waals surface area contributed by atoms with Crippen molar-refractivity contribution >= 4 is 17.7 Å². The molecule has 3 amide bonds. The van der Waals surface area contributed by atoms with Gasteiger partial charge in [-0.2, -0.15) is 0 Å². The first-order valence-corrected chi connectivity index (χ1v) is 10.5. The second kappa shape index (κ2) is 11.2. The SMILES string of the molecule is CCC(CC)O[C@H](CO)[C@H](NC(C)=O)[C@H](CCCO)N1C(=O)c2ccccc2C1=O. The van der Waals surface area contributed by atoms with Crippen LogP contribution in [0.5, 0.6) is 0 Å². The molecule has 0 bridgehead atoms. The lowest BCUT2D eigenvalue weighted by atomic mass is 9.95. The van der Waals surface area contributed by atoms with Crippen molar-refractivity contribution in [1.82, 2.24) is 10.2 Å². The van der Waals surface area contributed by atoms with Crippen LogP contribution in [0.25, 0.3) is 0 Å². The van der Waals surface area contributed by atoms with Gasteiger partial charge in [0.2, 0.25) is 5.91 Å². The van der Waals surface area contributed by atoms with E-state index in [0.29, 0.717) is 30.4 Å². The summed E-state index contributed by atoms with van der Waals surface area (Å²) in [5.41, 5.74) is 0.610. The van der Waals surface area contributed by atoms with Crippen molar-refractivity contribution in [2.45, 2.75) is 70.7 Å². The van der Waals surface area contributed by atoms with Crippen molar-refractivity contribution in [3.05, 3.63) is 35.4 Å². The van der Waals surface area contributed by atoms with Gasteiger partial charge >= 0.3 is 0 Å². The number of hydrogen-bond donors (Lipinski definition) is 3. The molecule has 3 atom stereocenters. The maximum absolute atomic E-state index is 13.1. The van der Waals surface area contributed by atoms with Crippen LogP contribution in [0.4, 0.5) is 0 Å². The number of ether oxygens (including phenoxy) is 1. The van der Waals surface area contributed by atoms with Crippen LogP contribution in [0.15, 0.2) is 24.3 Å². The summed E-state index contributed by atoms with van der Waals surface area (Å²) in [5, 5.41) is 22.2. The minimum Gasteiger partial charge on any atom is -0.396 e. The zero-order valence-electron chi connectivity index (χ0n) is 17.8. The van der Waals surface area contributed by atoms with Crippen LogP contribution in [-0.2, 0) is 9.53 Å². The maximum Gasteiger partial charge on any atom is 0.261 e. The van der Waals surface area contributed by atoms with Gasteiger partial charge in [0.25, 0.3) is 11.8 Å². The van der Waals surface area contributed by atoms with Gasteiger partial charge in [0.05, 0.1) is 35.9 Å². The lowest BCUT2D eigenvalue weighted by Crippen LogP contribution is -2.60.